The molecule has 1 aromatic heterocycles. The van der Waals surface area contributed by atoms with Gasteiger partial charge in [0.25, 0.3) is 0 Å². The third-order valence-electron chi connectivity index (χ3n) is 3.67. The van der Waals surface area contributed by atoms with Gasteiger partial charge in [-0.25, -0.2) is 0 Å². The van der Waals surface area contributed by atoms with Gasteiger partial charge in [-0.2, -0.15) is 5.26 Å². The van der Waals surface area contributed by atoms with E-state index in [-0.39, 0.29) is 0 Å². The molecule has 0 saturated heterocycles. The van der Waals surface area contributed by atoms with E-state index >= 15 is 0 Å². The normalized spacial score (nSPS) is 33.0. The number of hydrogen-bond donors (Lipinski definition) is 2. The van der Waals surface area contributed by atoms with Gasteiger partial charge in [-0.05, 0) is 44.7 Å². The Morgan fingerprint density at radius 3 is 2.47 bits per heavy atom. The van der Waals surface area contributed by atoms with Gasteiger partial charge in [0.1, 0.15) is 0 Å². The van der Waals surface area contributed by atoms with Gasteiger partial charge in [0.05, 0.1) is 34.7 Å². The lowest BCUT2D eigenvalue weighted by molar-refractivity contribution is 0.00802. The quantitative estimate of drug-likeness (QED) is 0.771. The van der Waals surface area contributed by atoms with Crippen molar-refractivity contribution in [2.75, 3.05) is 5.73 Å². The van der Waals surface area contributed by atoms with E-state index in [0.29, 0.717) is 31.4 Å². The Morgan fingerprint density at radius 2 is 2.00 bits per heavy atom. The number of nitrogens with two attached hydrogens (primary N) is 1. The zero-order valence-corrected chi connectivity index (χ0v) is 9.98. The number of hydrogen-bond acceptors (Lipinski definition) is 4. The van der Waals surface area contributed by atoms with Crippen LogP contribution in [0.1, 0.15) is 38.3 Å². The standard InChI is InChI=1S/C13H17N3O/c1-12(17)4-6-13(9-14,7-5-12)11-3-2-10(15)8-16-11/h2-3,8,17H,4-7,15H2,1H3/t12-,13-. The number of anilines is 1. The van der Waals surface area contributed by atoms with Gasteiger partial charge in [0, 0.05) is 0 Å². The number of rotatable bonds is 1. The first kappa shape index (κ1) is 11.9. The number of aliphatic hydroxyl groups is 1. The molecule has 1 aliphatic carbocycles. The largest absolute Gasteiger partial charge is 0.397 e. The van der Waals surface area contributed by atoms with E-state index in [0.717, 1.165) is 5.69 Å². The van der Waals surface area contributed by atoms with Gasteiger partial charge in [-0.3, -0.25) is 4.98 Å². The predicted octanol–water partition coefficient (Wildman–Crippen LogP) is 1.75. The van der Waals surface area contributed by atoms with Crippen molar-refractivity contribution >= 4 is 5.69 Å². The van der Waals surface area contributed by atoms with E-state index in [1.165, 1.54) is 0 Å². The second-order valence-electron chi connectivity index (χ2n) is 5.17. The molecular formula is C13H17N3O. The Bertz CT molecular complexity index is 435. The molecule has 3 N–H and O–H groups in total. The summed E-state index contributed by atoms with van der Waals surface area (Å²) >= 11 is 0. The van der Waals surface area contributed by atoms with Crippen LogP contribution < -0.4 is 5.73 Å². The lowest BCUT2D eigenvalue weighted by Crippen LogP contribution is -2.39. The lowest BCUT2D eigenvalue weighted by Gasteiger charge is -2.37. The van der Waals surface area contributed by atoms with Gasteiger partial charge in [0.2, 0.25) is 0 Å². The summed E-state index contributed by atoms with van der Waals surface area (Å²) in [5, 5.41) is 19.4. The molecule has 17 heavy (non-hydrogen) atoms. The number of pyridine rings is 1. The molecule has 90 valence electrons. The fraction of sp³-hybridized carbons (Fsp3) is 0.538. The van der Waals surface area contributed by atoms with Crippen molar-refractivity contribution in [3.63, 3.8) is 0 Å². The van der Waals surface area contributed by atoms with Crippen LogP contribution in [-0.2, 0) is 5.41 Å². The Kier molecular flexibility index (Phi) is 2.80. The van der Waals surface area contributed by atoms with Crippen molar-refractivity contribution in [1.82, 2.24) is 4.98 Å². The fourth-order valence-corrected chi connectivity index (χ4v) is 2.33. The van der Waals surface area contributed by atoms with Crippen LogP contribution in [0.25, 0.3) is 0 Å². The van der Waals surface area contributed by atoms with Gasteiger partial charge in [-0.15, -0.1) is 0 Å². The zero-order valence-electron chi connectivity index (χ0n) is 9.98. The first-order valence-corrected chi connectivity index (χ1v) is 5.83. The van der Waals surface area contributed by atoms with Crippen LogP contribution in [0.4, 0.5) is 5.69 Å². The van der Waals surface area contributed by atoms with E-state index in [4.69, 9.17) is 5.73 Å². The maximum Gasteiger partial charge on any atom is 0.0995 e. The number of nitrogen functional groups attached to an aromatic ring is 1. The third-order valence-corrected chi connectivity index (χ3v) is 3.67. The molecular weight excluding hydrogens is 214 g/mol. The number of nitriles is 1. The van der Waals surface area contributed by atoms with Crippen molar-refractivity contribution in [2.45, 2.75) is 43.6 Å². The molecule has 0 bridgehead atoms. The topological polar surface area (TPSA) is 82.9 Å². The lowest BCUT2D eigenvalue weighted by atomic mass is 9.68. The van der Waals surface area contributed by atoms with Crippen molar-refractivity contribution in [3.05, 3.63) is 24.0 Å². The highest BCUT2D eigenvalue weighted by atomic mass is 16.3. The summed E-state index contributed by atoms with van der Waals surface area (Å²) in [6, 6.07) is 5.97. The monoisotopic (exact) mass is 231 g/mol. The molecule has 1 heterocycles. The minimum atomic E-state index is -0.645. The highest BCUT2D eigenvalue weighted by Gasteiger charge is 2.41. The van der Waals surface area contributed by atoms with Crippen LogP contribution in [0, 0.1) is 11.3 Å². The smallest absolute Gasteiger partial charge is 0.0995 e. The molecule has 0 aliphatic heterocycles. The summed E-state index contributed by atoms with van der Waals surface area (Å²) in [6.45, 7) is 1.82. The average Bonchev–Trinajstić information content (AvgIpc) is 2.31. The van der Waals surface area contributed by atoms with Gasteiger partial charge in [-0.1, -0.05) is 0 Å². The number of nitrogens with zero attached hydrogens (tertiary/aromatic N) is 2. The van der Waals surface area contributed by atoms with E-state index < -0.39 is 11.0 Å². The SMILES string of the molecule is C[C@]1(O)CC[C@](C#N)(c2ccc(N)cn2)CC1. The fourth-order valence-electron chi connectivity index (χ4n) is 2.33. The minimum Gasteiger partial charge on any atom is -0.397 e. The molecule has 4 heteroatoms. The summed E-state index contributed by atoms with van der Waals surface area (Å²) in [4.78, 5) is 4.26. The highest BCUT2D eigenvalue weighted by Crippen LogP contribution is 2.41. The van der Waals surface area contributed by atoms with Crippen LogP contribution in [0.5, 0.6) is 0 Å². The average molecular weight is 231 g/mol. The van der Waals surface area contributed by atoms with Crippen molar-refractivity contribution < 1.29 is 5.11 Å². The van der Waals surface area contributed by atoms with Crippen molar-refractivity contribution in [2.24, 2.45) is 0 Å². The summed E-state index contributed by atoms with van der Waals surface area (Å²) in [5.41, 5.74) is 5.76. The Morgan fingerprint density at radius 1 is 1.35 bits per heavy atom. The Hall–Kier alpha value is -1.60. The van der Waals surface area contributed by atoms with Crippen LogP contribution in [0.2, 0.25) is 0 Å². The predicted molar refractivity (Wildman–Crippen MR) is 65.0 cm³/mol. The van der Waals surface area contributed by atoms with Crippen molar-refractivity contribution in [1.29, 1.82) is 5.26 Å². The zero-order chi connectivity index (χ0) is 12.5. The molecule has 0 aromatic carbocycles. The van der Waals surface area contributed by atoms with Gasteiger partial charge >= 0.3 is 0 Å². The maximum absolute atomic E-state index is 9.94. The van der Waals surface area contributed by atoms with E-state index in [9.17, 15) is 10.4 Å². The molecule has 4 nitrogen and oxygen atoms in total. The molecule has 0 atom stereocenters. The molecule has 0 amide bonds. The molecule has 1 saturated carbocycles. The van der Waals surface area contributed by atoms with Crippen LogP contribution in [0.3, 0.4) is 0 Å². The second kappa shape index (κ2) is 4.01. The summed E-state index contributed by atoms with van der Waals surface area (Å²) in [7, 11) is 0. The maximum atomic E-state index is 9.94. The summed E-state index contributed by atoms with van der Waals surface area (Å²) in [5.74, 6) is 0. The van der Waals surface area contributed by atoms with Crippen LogP contribution >= 0.6 is 0 Å². The first-order valence-electron chi connectivity index (χ1n) is 5.83. The highest BCUT2D eigenvalue weighted by molar-refractivity contribution is 5.38. The van der Waals surface area contributed by atoms with Gasteiger partial charge in [0.15, 0.2) is 0 Å². The molecule has 1 aromatic rings. The summed E-state index contributed by atoms with van der Waals surface area (Å²) < 4.78 is 0. The summed E-state index contributed by atoms with van der Waals surface area (Å²) in [6.07, 6.45) is 4.14. The van der Waals surface area contributed by atoms with E-state index in [1.54, 1.807) is 12.3 Å². The molecule has 0 unspecified atom stereocenters. The molecule has 0 spiro atoms. The Balaban J connectivity index is 2.28. The minimum absolute atomic E-state index is 0.560. The Labute approximate surface area is 101 Å². The van der Waals surface area contributed by atoms with Crippen LogP contribution in [0.15, 0.2) is 18.3 Å². The van der Waals surface area contributed by atoms with E-state index in [2.05, 4.69) is 11.1 Å². The number of aromatic nitrogens is 1. The van der Waals surface area contributed by atoms with E-state index in [1.807, 2.05) is 13.0 Å². The van der Waals surface area contributed by atoms with Gasteiger partial charge < -0.3 is 10.8 Å². The molecule has 0 radical (unpaired) electrons. The third kappa shape index (κ3) is 2.25. The van der Waals surface area contributed by atoms with Crippen molar-refractivity contribution in [3.8, 4) is 6.07 Å². The molecule has 2 rings (SSSR count). The first-order chi connectivity index (χ1) is 7.97. The molecule has 1 fully saturated rings. The second-order valence-corrected chi connectivity index (χ2v) is 5.17. The van der Waals surface area contributed by atoms with Crippen LogP contribution in [-0.4, -0.2) is 15.7 Å². The molecule has 1 aliphatic rings.